The molecule has 0 radical (unpaired) electrons. The van der Waals surface area contributed by atoms with Gasteiger partial charge in [0, 0.05) is 22.6 Å². The smallest absolute Gasteiger partial charge is 0.256 e. The average molecular weight is 277 g/mol. The summed E-state index contributed by atoms with van der Waals surface area (Å²) in [6, 6.07) is 5.57. The van der Waals surface area contributed by atoms with Gasteiger partial charge in [-0.3, -0.25) is 9.69 Å². The van der Waals surface area contributed by atoms with E-state index in [0.29, 0.717) is 10.4 Å². The first-order valence-electron chi connectivity index (χ1n) is 6.68. The molecular weight excluding hydrogens is 260 g/mol. The summed E-state index contributed by atoms with van der Waals surface area (Å²) in [5, 5.41) is 2.32. The molecular formula is C15H17ClN2O. The van der Waals surface area contributed by atoms with Crippen molar-refractivity contribution in [2.45, 2.75) is 26.3 Å². The summed E-state index contributed by atoms with van der Waals surface area (Å²) in [5.41, 5.74) is 2.13. The van der Waals surface area contributed by atoms with Gasteiger partial charge in [-0.2, -0.15) is 0 Å². The van der Waals surface area contributed by atoms with Crippen LogP contribution in [-0.2, 0) is 6.54 Å². The van der Waals surface area contributed by atoms with E-state index in [1.807, 2.05) is 19.1 Å². The number of fused-ring (bicyclic) bond motifs is 1. The fourth-order valence-corrected chi connectivity index (χ4v) is 3.02. The van der Waals surface area contributed by atoms with E-state index in [-0.39, 0.29) is 5.56 Å². The summed E-state index contributed by atoms with van der Waals surface area (Å²) in [6.45, 7) is 5.17. The summed E-state index contributed by atoms with van der Waals surface area (Å²) in [4.78, 5) is 17.4. The third-order valence-corrected chi connectivity index (χ3v) is 4.12. The quantitative estimate of drug-likeness (QED) is 0.915. The number of halogens is 1. The number of nitrogens with zero attached hydrogens (tertiary/aromatic N) is 1. The minimum absolute atomic E-state index is 0.0554. The minimum Gasteiger partial charge on any atom is -0.326 e. The summed E-state index contributed by atoms with van der Waals surface area (Å²) in [6.07, 6.45) is 2.54. The number of aromatic amines is 1. The monoisotopic (exact) mass is 276 g/mol. The van der Waals surface area contributed by atoms with Gasteiger partial charge in [0.1, 0.15) is 0 Å². The van der Waals surface area contributed by atoms with Crippen molar-refractivity contribution < 1.29 is 0 Å². The second-order valence-corrected chi connectivity index (χ2v) is 5.67. The van der Waals surface area contributed by atoms with E-state index < -0.39 is 0 Å². The van der Waals surface area contributed by atoms with Crippen molar-refractivity contribution in [3.8, 4) is 0 Å². The topological polar surface area (TPSA) is 36.1 Å². The summed E-state index contributed by atoms with van der Waals surface area (Å²) in [5.74, 6) is 0. The Morgan fingerprint density at radius 3 is 2.74 bits per heavy atom. The molecule has 1 aliphatic rings. The molecule has 1 aromatic heterocycles. The van der Waals surface area contributed by atoms with Crippen LogP contribution in [0.5, 0.6) is 0 Å². The number of aryl methyl sites for hydroxylation is 1. The molecule has 0 saturated carbocycles. The summed E-state index contributed by atoms with van der Waals surface area (Å²) in [7, 11) is 0. The third kappa shape index (κ3) is 2.40. The maximum absolute atomic E-state index is 12.0. The number of hydrogen-bond donors (Lipinski definition) is 1. The largest absolute Gasteiger partial charge is 0.326 e. The van der Waals surface area contributed by atoms with Crippen LogP contribution in [0, 0.1) is 6.92 Å². The fourth-order valence-electron chi connectivity index (χ4n) is 2.85. The molecule has 0 atom stereocenters. The molecule has 0 spiro atoms. The lowest BCUT2D eigenvalue weighted by atomic mass is 10.0. The second kappa shape index (κ2) is 4.99. The van der Waals surface area contributed by atoms with Crippen molar-refractivity contribution in [2.75, 3.05) is 13.1 Å². The number of benzene rings is 1. The van der Waals surface area contributed by atoms with Crippen LogP contribution in [0.15, 0.2) is 23.0 Å². The Kier molecular flexibility index (Phi) is 3.33. The molecule has 1 aliphatic heterocycles. The van der Waals surface area contributed by atoms with E-state index in [9.17, 15) is 4.79 Å². The van der Waals surface area contributed by atoms with Gasteiger partial charge in [0.05, 0.1) is 0 Å². The molecule has 0 bridgehead atoms. The maximum atomic E-state index is 12.0. The van der Waals surface area contributed by atoms with Gasteiger partial charge in [-0.1, -0.05) is 17.7 Å². The number of rotatable bonds is 2. The van der Waals surface area contributed by atoms with Gasteiger partial charge in [-0.25, -0.2) is 0 Å². The van der Waals surface area contributed by atoms with Crippen LogP contribution in [0.2, 0.25) is 5.02 Å². The first-order chi connectivity index (χ1) is 9.15. The average Bonchev–Trinajstić information content (AvgIpc) is 2.87. The van der Waals surface area contributed by atoms with Crippen molar-refractivity contribution in [1.29, 1.82) is 0 Å². The SMILES string of the molecule is Cc1[nH]c(=O)c2cc(Cl)ccc2c1CN1CCCC1. The predicted octanol–water partition coefficient (Wildman–Crippen LogP) is 3.09. The Balaban J connectivity index is 2.14. The molecule has 0 unspecified atom stereocenters. The lowest BCUT2D eigenvalue weighted by molar-refractivity contribution is 0.331. The normalized spacial score (nSPS) is 16.3. The van der Waals surface area contributed by atoms with Gasteiger partial charge >= 0.3 is 0 Å². The van der Waals surface area contributed by atoms with Crippen LogP contribution in [0.3, 0.4) is 0 Å². The summed E-state index contributed by atoms with van der Waals surface area (Å²) >= 11 is 5.99. The van der Waals surface area contributed by atoms with Crippen molar-refractivity contribution in [3.05, 3.63) is 44.8 Å². The van der Waals surface area contributed by atoms with Gasteiger partial charge in [0.25, 0.3) is 5.56 Å². The third-order valence-electron chi connectivity index (χ3n) is 3.89. The zero-order valence-corrected chi connectivity index (χ0v) is 11.8. The zero-order chi connectivity index (χ0) is 13.4. The standard InChI is InChI=1S/C15H17ClN2O/c1-10-14(9-18-6-2-3-7-18)12-5-4-11(16)8-13(12)15(19)17-10/h4-5,8H,2-3,6-7,9H2,1H3,(H,17,19). The van der Waals surface area contributed by atoms with Crippen LogP contribution < -0.4 is 5.56 Å². The van der Waals surface area contributed by atoms with Crippen LogP contribution in [0.1, 0.15) is 24.1 Å². The van der Waals surface area contributed by atoms with Gasteiger partial charge in [0.2, 0.25) is 0 Å². The molecule has 0 aliphatic carbocycles. The van der Waals surface area contributed by atoms with Gasteiger partial charge in [-0.15, -0.1) is 0 Å². The molecule has 19 heavy (non-hydrogen) atoms. The molecule has 3 rings (SSSR count). The van der Waals surface area contributed by atoms with Crippen LogP contribution in [0.4, 0.5) is 0 Å². The Hall–Kier alpha value is -1.32. The van der Waals surface area contributed by atoms with Crippen LogP contribution in [0.25, 0.3) is 10.8 Å². The van der Waals surface area contributed by atoms with Gasteiger partial charge < -0.3 is 4.98 Å². The molecule has 1 saturated heterocycles. The minimum atomic E-state index is -0.0554. The Morgan fingerprint density at radius 1 is 1.26 bits per heavy atom. The lowest BCUT2D eigenvalue weighted by Gasteiger charge is -2.18. The van der Waals surface area contributed by atoms with Gasteiger partial charge in [-0.05, 0) is 55.9 Å². The number of pyridine rings is 1. The molecule has 2 heterocycles. The van der Waals surface area contributed by atoms with E-state index in [1.54, 1.807) is 6.07 Å². The first-order valence-corrected chi connectivity index (χ1v) is 7.06. The molecule has 0 amide bonds. The molecule has 100 valence electrons. The van der Waals surface area contributed by atoms with E-state index in [2.05, 4.69) is 9.88 Å². The Labute approximate surface area is 117 Å². The Bertz CT molecular complexity index is 672. The number of H-pyrrole nitrogens is 1. The van der Waals surface area contributed by atoms with E-state index >= 15 is 0 Å². The molecule has 1 aromatic carbocycles. The fraction of sp³-hybridized carbons (Fsp3) is 0.400. The molecule has 1 fully saturated rings. The number of hydrogen-bond acceptors (Lipinski definition) is 2. The van der Waals surface area contributed by atoms with Crippen molar-refractivity contribution in [2.24, 2.45) is 0 Å². The number of nitrogens with one attached hydrogen (secondary N) is 1. The maximum Gasteiger partial charge on any atom is 0.256 e. The van der Waals surface area contributed by atoms with Crippen LogP contribution in [-0.4, -0.2) is 23.0 Å². The molecule has 3 nitrogen and oxygen atoms in total. The number of likely N-dealkylation sites (tertiary alicyclic amines) is 1. The first kappa shape index (κ1) is 12.7. The van der Waals surface area contributed by atoms with Gasteiger partial charge in [0.15, 0.2) is 0 Å². The van der Waals surface area contributed by atoms with E-state index in [0.717, 1.165) is 30.7 Å². The van der Waals surface area contributed by atoms with Crippen molar-refractivity contribution in [3.63, 3.8) is 0 Å². The molecule has 1 N–H and O–H groups in total. The zero-order valence-electron chi connectivity index (χ0n) is 11.0. The Morgan fingerprint density at radius 2 is 2.00 bits per heavy atom. The highest BCUT2D eigenvalue weighted by atomic mass is 35.5. The highest BCUT2D eigenvalue weighted by Crippen LogP contribution is 2.24. The summed E-state index contributed by atoms with van der Waals surface area (Å²) < 4.78 is 0. The second-order valence-electron chi connectivity index (χ2n) is 5.23. The predicted molar refractivity (Wildman–Crippen MR) is 78.8 cm³/mol. The van der Waals surface area contributed by atoms with Crippen LogP contribution >= 0.6 is 11.6 Å². The molecule has 4 heteroatoms. The van der Waals surface area contributed by atoms with Crippen molar-refractivity contribution in [1.82, 2.24) is 9.88 Å². The van der Waals surface area contributed by atoms with Crippen molar-refractivity contribution >= 4 is 22.4 Å². The highest BCUT2D eigenvalue weighted by molar-refractivity contribution is 6.31. The highest BCUT2D eigenvalue weighted by Gasteiger charge is 2.16. The molecule has 2 aromatic rings. The van der Waals surface area contributed by atoms with E-state index in [4.69, 9.17) is 11.6 Å². The van der Waals surface area contributed by atoms with E-state index in [1.165, 1.54) is 18.4 Å². The number of aromatic nitrogens is 1. The lowest BCUT2D eigenvalue weighted by Crippen LogP contribution is -2.21.